The van der Waals surface area contributed by atoms with Gasteiger partial charge in [-0.2, -0.15) is 10.4 Å². The van der Waals surface area contributed by atoms with Crippen molar-refractivity contribution in [1.29, 1.82) is 5.26 Å². The summed E-state index contributed by atoms with van der Waals surface area (Å²) in [6.07, 6.45) is 1.92. The molecule has 0 atom stereocenters. The first-order chi connectivity index (χ1) is 12.1. The molecule has 0 spiro atoms. The Hall–Kier alpha value is -2.81. The summed E-state index contributed by atoms with van der Waals surface area (Å²) in [5, 5.41) is 17.9. The number of hydrogen-bond donors (Lipinski definition) is 0. The van der Waals surface area contributed by atoms with Crippen molar-refractivity contribution in [2.75, 3.05) is 25.1 Å². The first-order valence-electron chi connectivity index (χ1n) is 8.42. The molecule has 0 radical (unpaired) electrons. The van der Waals surface area contributed by atoms with Crippen LogP contribution in [0.15, 0.2) is 24.3 Å². The smallest absolute Gasteiger partial charge is 0.169 e. The number of aryl methyl sites for hydroxylation is 1. The monoisotopic (exact) mass is 338 g/mol. The van der Waals surface area contributed by atoms with Gasteiger partial charge in [0.15, 0.2) is 5.82 Å². The predicted octanol–water partition coefficient (Wildman–Crippen LogP) is 3.02. The molecule has 1 aromatic carbocycles. The van der Waals surface area contributed by atoms with Crippen molar-refractivity contribution in [1.82, 2.24) is 10.2 Å². The van der Waals surface area contributed by atoms with Crippen LogP contribution in [-0.4, -0.2) is 36.5 Å². The molecule has 130 valence electrons. The number of nitrogens with zero attached hydrogens (tertiary/aromatic N) is 4. The van der Waals surface area contributed by atoms with E-state index in [-0.39, 0.29) is 6.10 Å². The highest BCUT2D eigenvalue weighted by molar-refractivity contribution is 5.57. The highest BCUT2D eigenvalue weighted by Gasteiger charge is 2.24. The average molecular weight is 338 g/mol. The van der Waals surface area contributed by atoms with E-state index in [1.54, 1.807) is 7.11 Å². The molecule has 1 saturated heterocycles. The average Bonchev–Trinajstić information content (AvgIpc) is 2.65. The van der Waals surface area contributed by atoms with Gasteiger partial charge in [0.05, 0.1) is 12.8 Å². The Morgan fingerprint density at radius 3 is 2.32 bits per heavy atom. The lowest BCUT2D eigenvalue weighted by Gasteiger charge is -2.33. The lowest BCUT2D eigenvalue weighted by atomic mass is 10.1. The number of hydrogen-bond acceptors (Lipinski definition) is 6. The maximum atomic E-state index is 9.46. The second kappa shape index (κ2) is 7.39. The molecule has 0 amide bonds. The second-order valence-electron chi connectivity index (χ2n) is 6.20. The van der Waals surface area contributed by atoms with E-state index in [1.165, 1.54) is 0 Å². The summed E-state index contributed by atoms with van der Waals surface area (Å²) in [5.41, 5.74) is 2.34. The summed E-state index contributed by atoms with van der Waals surface area (Å²) >= 11 is 0. The van der Waals surface area contributed by atoms with E-state index in [0.29, 0.717) is 11.4 Å². The van der Waals surface area contributed by atoms with Crippen LogP contribution >= 0.6 is 0 Å². The molecule has 25 heavy (non-hydrogen) atoms. The van der Waals surface area contributed by atoms with Crippen LogP contribution in [0.2, 0.25) is 0 Å². The van der Waals surface area contributed by atoms with Gasteiger partial charge in [-0.25, -0.2) is 0 Å². The van der Waals surface area contributed by atoms with Crippen molar-refractivity contribution in [3.05, 3.63) is 41.1 Å². The Labute approximate surface area is 148 Å². The van der Waals surface area contributed by atoms with Gasteiger partial charge in [-0.3, -0.25) is 0 Å². The van der Waals surface area contributed by atoms with Gasteiger partial charge in [0.1, 0.15) is 29.2 Å². The molecule has 0 saturated carbocycles. The molecular formula is C19H22N4O2. The first kappa shape index (κ1) is 17.0. The fourth-order valence-electron chi connectivity index (χ4n) is 2.98. The third kappa shape index (κ3) is 3.66. The Balaban J connectivity index is 1.64. The lowest BCUT2D eigenvalue weighted by Crippen LogP contribution is -2.39. The van der Waals surface area contributed by atoms with Gasteiger partial charge < -0.3 is 14.4 Å². The van der Waals surface area contributed by atoms with Gasteiger partial charge in [0, 0.05) is 25.9 Å². The lowest BCUT2D eigenvalue weighted by molar-refractivity contribution is 0.170. The van der Waals surface area contributed by atoms with Crippen LogP contribution in [0.25, 0.3) is 0 Å². The first-order valence-corrected chi connectivity index (χ1v) is 8.42. The van der Waals surface area contributed by atoms with Crippen LogP contribution in [0.3, 0.4) is 0 Å². The molecule has 2 aromatic rings. The topological polar surface area (TPSA) is 71.3 Å². The predicted molar refractivity (Wildman–Crippen MR) is 95.1 cm³/mol. The normalized spacial score (nSPS) is 14.9. The van der Waals surface area contributed by atoms with Gasteiger partial charge in [0.25, 0.3) is 0 Å². The third-order valence-electron chi connectivity index (χ3n) is 4.65. The van der Waals surface area contributed by atoms with Crippen LogP contribution in [0.5, 0.6) is 11.5 Å². The Morgan fingerprint density at radius 2 is 1.72 bits per heavy atom. The molecule has 1 aliphatic rings. The zero-order valence-corrected chi connectivity index (χ0v) is 14.8. The summed E-state index contributed by atoms with van der Waals surface area (Å²) in [6, 6.07) is 9.92. The molecule has 0 bridgehead atoms. The van der Waals surface area contributed by atoms with E-state index < -0.39 is 0 Å². The number of rotatable bonds is 4. The largest absolute Gasteiger partial charge is 0.497 e. The number of piperidine rings is 1. The van der Waals surface area contributed by atoms with Gasteiger partial charge >= 0.3 is 0 Å². The Morgan fingerprint density at radius 1 is 1.08 bits per heavy atom. The summed E-state index contributed by atoms with van der Waals surface area (Å²) in [6.45, 7) is 5.40. The molecular weight excluding hydrogens is 316 g/mol. The number of methoxy groups -OCH3 is 1. The number of ether oxygens (including phenoxy) is 2. The highest BCUT2D eigenvalue weighted by Crippen LogP contribution is 2.26. The quantitative estimate of drug-likeness (QED) is 0.853. The fourth-order valence-corrected chi connectivity index (χ4v) is 2.98. The minimum atomic E-state index is 0.162. The van der Waals surface area contributed by atoms with Crippen LogP contribution in [0, 0.1) is 25.2 Å². The molecule has 0 aliphatic carbocycles. The van der Waals surface area contributed by atoms with E-state index in [0.717, 1.165) is 48.7 Å². The maximum absolute atomic E-state index is 9.46. The Kier molecular flexibility index (Phi) is 5.03. The van der Waals surface area contributed by atoms with Crippen molar-refractivity contribution >= 4 is 5.82 Å². The van der Waals surface area contributed by atoms with E-state index in [9.17, 15) is 5.26 Å². The molecule has 1 aliphatic heterocycles. The van der Waals surface area contributed by atoms with Crippen LogP contribution in [0.4, 0.5) is 5.82 Å². The Bertz CT molecular complexity index is 775. The minimum absolute atomic E-state index is 0.162. The molecule has 3 rings (SSSR count). The number of anilines is 1. The molecule has 0 N–H and O–H groups in total. The standard InChI is InChI=1S/C19H22N4O2/c1-13-14(2)21-22-19(18(13)12-20)23-10-8-17(9-11-23)25-16-6-4-15(24-3)5-7-16/h4-7,17H,8-11H2,1-3H3. The zero-order valence-electron chi connectivity index (χ0n) is 14.8. The number of benzene rings is 1. The van der Waals surface area contributed by atoms with Gasteiger partial charge in [-0.05, 0) is 43.7 Å². The molecule has 6 nitrogen and oxygen atoms in total. The summed E-state index contributed by atoms with van der Waals surface area (Å²) < 4.78 is 11.2. The van der Waals surface area contributed by atoms with E-state index in [4.69, 9.17) is 9.47 Å². The van der Waals surface area contributed by atoms with Gasteiger partial charge in [-0.1, -0.05) is 0 Å². The van der Waals surface area contributed by atoms with Crippen LogP contribution in [0.1, 0.15) is 29.7 Å². The van der Waals surface area contributed by atoms with Crippen molar-refractivity contribution in [2.45, 2.75) is 32.8 Å². The molecule has 2 heterocycles. The molecule has 6 heteroatoms. The summed E-state index contributed by atoms with van der Waals surface area (Å²) in [7, 11) is 1.65. The fraction of sp³-hybridized carbons (Fsp3) is 0.421. The maximum Gasteiger partial charge on any atom is 0.169 e. The second-order valence-corrected chi connectivity index (χ2v) is 6.20. The van der Waals surface area contributed by atoms with Crippen LogP contribution in [-0.2, 0) is 0 Å². The van der Waals surface area contributed by atoms with Crippen molar-refractivity contribution in [2.24, 2.45) is 0 Å². The zero-order chi connectivity index (χ0) is 17.8. The minimum Gasteiger partial charge on any atom is -0.497 e. The van der Waals surface area contributed by atoms with Crippen molar-refractivity contribution in [3.8, 4) is 17.6 Å². The van der Waals surface area contributed by atoms with E-state index in [2.05, 4.69) is 21.2 Å². The van der Waals surface area contributed by atoms with Gasteiger partial charge in [0.2, 0.25) is 0 Å². The third-order valence-corrected chi connectivity index (χ3v) is 4.65. The summed E-state index contributed by atoms with van der Waals surface area (Å²) in [5.74, 6) is 2.36. The van der Waals surface area contributed by atoms with Crippen molar-refractivity contribution in [3.63, 3.8) is 0 Å². The SMILES string of the molecule is COc1ccc(OC2CCN(c3nnc(C)c(C)c3C#N)CC2)cc1. The van der Waals surface area contributed by atoms with Crippen molar-refractivity contribution < 1.29 is 9.47 Å². The number of aromatic nitrogens is 2. The highest BCUT2D eigenvalue weighted by atomic mass is 16.5. The molecule has 0 unspecified atom stereocenters. The summed E-state index contributed by atoms with van der Waals surface area (Å²) in [4.78, 5) is 2.13. The molecule has 1 aromatic heterocycles. The number of nitriles is 1. The van der Waals surface area contributed by atoms with E-state index >= 15 is 0 Å². The van der Waals surface area contributed by atoms with E-state index in [1.807, 2.05) is 38.1 Å². The van der Waals surface area contributed by atoms with Gasteiger partial charge in [-0.15, -0.1) is 5.10 Å². The molecule has 1 fully saturated rings. The van der Waals surface area contributed by atoms with Crippen LogP contribution < -0.4 is 14.4 Å².